The van der Waals surface area contributed by atoms with Crippen LogP contribution in [0.4, 0.5) is 0 Å². The van der Waals surface area contributed by atoms with Gasteiger partial charge in [0.25, 0.3) is 5.91 Å². The summed E-state index contributed by atoms with van der Waals surface area (Å²) in [5.41, 5.74) is 0.731. The topological polar surface area (TPSA) is 45.7 Å². The van der Waals surface area contributed by atoms with Crippen LogP contribution >= 0.6 is 11.8 Å². The monoisotopic (exact) mass is 321 g/mol. The van der Waals surface area contributed by atoms with Crippen molar-refractivity contribution >= 4 is 17.7 Å². The lowest BCUT2D eigenvalue weighted by molar-refractivity contribution is 0.0136. The summed E-state index contributed by atoms with van der Waals surface area (Å²) in [7, 11) is 0. The number of carbonyl (C=O) groups is 1. The summed E-state index contributed by atoms with van der Waals surface area (Å²) in [5, 5.41) is 0.819. The van der Waals surface area contributed by atoms with Crippen molar-refractivity contribution in [3.05, 3.63) is 23.9 Å². The van der Waals surface area contributed by atoms with Gasteiger partial charge in [-0.15, -0.1) is 11.8 Å². The number of aromatic nitrogens is 1. The number of thioether (sulfide) groups is 1. The minimum absolute atomic E-state index is 0.115. The van der Waals surface area contributed by atoms with Gasteiger partial charge in [-0.05, 0) is 31.2 Å². The fraction of sp³-hybridized carbons (Fsp3) is 0.625. The van der Waals surface area contributed by atoms with E-state index in [1.807, 2.05) is 23.3 Å². The van der Waals surface area contributed by atoms with Gasteiger partial charge in [-0.1, -0.05) is 0 Å². The number of nitrogens with zero attached hydrogens (tertiary/aromatic N) is 3. The maximum Gasteiger partial charge on any atom is 0.256 e. The van der Waals surface area contributed by atoms with Crippen molar-refractivity contribution in [3.63, 3.8) is 0 Å². The Morgan fingerprint density at radius 1 is 1.27 bits per heavy atom. The van der Waals surface area contributed by atoms with Crippen molar-refractivity contribution in [1.82, 2.24) is 14.8 Å². The van der Waals surface area contributed by atoms with E-state index in [0.717, 1.165) is 62.8 Å². The van der Waals surface area contributed by atoms with Crippen LogP contribution in [0.2, 0.25) is 0 Å². The summed E-state index contributed by atoms with van der Waals surface area (Å²) in [4.78, 5) is 21.5. The molecule has 0 radical (unpaired) electrons. The normalized spacial score (nSPS) is 21.0. The smallest absolute Gasteiger partial charge is 0.256 e. The molecule has 2 saturated heterocycles. The first-order chi connectivity index (χ1) is 10.8. The number of amides is 1. The molecule has 0 spiro atoms. The molecule has 0 N–H and O–H groups in total. The van der Waals surface area contributed by atoms with Crippen LogP contribution in [0.5, 0.6) is 0 Å². The molecule has 0 aliphatic carbocycles. The van der Waals surface area contributed by atoms with Crippen molar-refractivity contribution in [2.45, 2.75) is 23.9 Å². The Morgan fingerprint density at radius 2 is 2.00 bits per heavy atom. The van der Waals surface area contributed by atoms with Crippen molar-refractivity contribution < 1.29 is 9.53 Å². The maximum atomic E-state index is 12.7. The van der Waals surface area contributed by atoms with Crippen LogP contribution in [0.15, 0.2) is 23.4 Å². The van der Waals surface area contributed by atoms with E-state index in [2.05, 4.69) is 9.88 Å². The molecule has 0 aromatic carbocycles. The molecule has 3 rings (SSSR count). The third kappa shape index (κ3) is 3.45. The average molecular weight is 321 g/mol. The van der Waals surface area contributed by atoms with E-state index >= 15 is 0 Å². The standard InChI is InChI=1S/C16H23N3O2S/c1-22-15-14(3-2-6-17-15)16(20)19-9-7-18(8-10-19)13-4-11-21-12-5-13/h2-3,6,13H,4-5,7-12H2,1H3. The number of hydrogen-bond acceptors (Lipinski definition) is 5. The molecular weight excluding hydrogens is 298 g/mol. The molecule has 1 aromatic rings. The van der Waals surface area contributed by atoms with E-state index in [4.69, 9.17) is 4.74 Å². The molecule has 0 saturated carbocycles. The number of carbonyl (C=O) groups excluding carboxylic acids is 1. The molecule has 3 heterocycles. The van der Waals surface area contributed by atoms with E-state index in [9.17, 15) is 4.79 Å². The third-order valence-electron chi connectivity index (χ3n) is 4.50. The summed E-state index contributed by atoms with van der Waals surface area (Å²) < 4.78 is 5.43. The van der Waals surface area contributed by atoms with E-state index in [0.29, 0.717) is 6.04 Å². The molecule has 1 amide bonds. The number of hydrogen-bond donors (Lipinski definition) is 0. The second-order valence-electron chi connectivity index (χ2n) is 5.73. The molecule has 0 atom stereocenters. The molecule has 120 valence electrons. The predicted molar refractivity (Wildman–Crippen MR) is 87.3 cm³/mol. The average Bonchev–Trinajstić information content (AvgIpc) is 2.62. The van der Waals surface area contributed by atoms with Crippen molar-refractivity contribution in [2.24, 2.45) is 0 Å². The lowest BCUT2D eigenvalue weighted by Gasteiger charge is -2.40. The van der Waals surface area contributed by atoms with Crippen LogP contribution in [-0.4, -0.2) is 72.4 Å². The molecule has 2 aliphatic rings. The maximum absolute atomic E-state index is 12.7. The Bertz CT molecular complexity index is 512. The summed E-state index contributed by atoms with van der Waals surface area (Å²) in [6, 6.07) is 4.35. The van der Waals surface area contributed by atoms with Crippen LogP contribution < -0.4 is 0 Å². The Balaban J connectivity index is 1.59. The van der Waals surface area contributed by atoms with Gasteiger partial charge in [0.1, 0.15) is 5.03 Å². The Labute approximate surface area is 136 Å². The highest BCUT2D eigenvalue weighted by Crippen LogP contribution is 2.21. The zero-order chi connectivity index (χ0) is 15.4. The van der Waals surface area contributed by atoms with Gasteiger partial charge < -0.3 is 9.64 Å². The van der Waals surface area contributed by atoms with E-state index < -0.39 is 0 Å². The van der Waals surface area contributed by atoms with Gasteiger partial charge >= 0.3 is 0 Å². The summed E-state index contributed by atoms with van der Waals surface area (Å²) >= 11 is 1.53. The van der Waals surface area contributed by atoms with Crippen molar-refractivity contribution in [2.75, 3.05) is 45.6 Å². The van der Waals surface area contributed by atoms with Crippen molar-refractivity contribution in [1.29, 1.82) is 0 Å². The molecule has 22 heavy (non-hydrogen) atoms. The molecule has 0 unspecified atom stereocenters. The first kappa shape index (κ1) is 15.8. The fourth-order valence-electron chi connectivity index (χ4n) is 3.23. The molecule has 6 heteroatoms. The summed E-state index contributed by atoms with van der Waals surface area (Å²) in [6.07, 6.45) is 5.94. The second-order valence-corrected chi connectivity index (χ2v) is 6.53. The van der Waals surface area contributed by atoms with Gasteiger partial charge in [0, 0.05) is 51.6 Å². The van der Waals surface area contributed by atoms with E-state index in [1.54, 1.807) is 6.20 Å². The highest BCUT2D eigenvalue weighted by atomic mass is 32.2. The van der Waals surface area contributed by atoms with Crippen LogP contribution in [0, 0.1) is 0 Å². The van der Waals surface area contributed by atoms with Gasteiger partial charge in [0.15, 0.2) is 0 Å². The number of ether oxygens (including phenoxy) is 1. The summed E-state index contributed by atoms with van der Waals surface area (Å²) in [6.45, 7) is 5.28. The lowest BCUT2D eigenvalue weighted by atomic mass is 10.1. The number of pyridine rings is 1. The van der Waals surface area contributed by atoms with E-state index in [-0.39, 0.29) is 5.91 Å². The van der Waals surface area contributed by atoms with Crippen LogP contribution in [0.1, 0.15) is 23.2 Å². The highest BCUT2D eigenvalue weighted by molar-refractivity contribution is 7.98. The SMILES string of the molecule is CSc1ncccc1C(=O)N1CCN(C2CCOCC2)CC1. The molecule has 1 aromatic heterocycles. The second kappa shape index (κ2) is 7.44. The van der Waals surface area contributed by atoms with Gasteiger partial charge in [0.2, 0.25) is 0 Å². The van der Waals surface area contributed by atoms with Gasteiger partial charge in [-0.3, -0.25) is 9.69 Å². The van der Waals surface area contributed by atoms with Crippen LogP contribution in [0.3, 0.4) is 0 Å². The number of piperazine rings is 1. The first-order valence-corrected chi connectivity index (χ1v) is 9.12. The van der Waals surface area contributed by atoms with Gasteiger partial charge in [0.05, 0.1) is 5.56 Å². The fourth-order valence-corrected chi connectivity index (χ4v) is 3.77. The quantitative estimate of drug-likeness (QED) is 0.794. The minimum atomic E-state index is 0.115. The molecule has 2 fully saturated rings. The zero-order valence-electron chi connectivity index (χ0n) is 13.0. The Morgan fingerprint density at radius 3 is 2.68 bits per heavy atom. The molecular formula is C16H23N3O2S. The lowest BCUT2D eigenvalue weighted by Crippen LogP contribution is -2.53. The predicted octanol–water partition coefficient (Wildman–Crippen LogP) is 1.74. The largest absolute Gasteiger partial charge is 0.381 e. The zero-order valence-corrected chi connectivity index (χ0v) is 13.8. The Kier molecular flexibility index (Phi) is 5.33. The van der Waals surface area contributed by atoms with E-state index in [1.165, 1.54) is 11.8 Å². The summed E-state index contributed by atoms with van der Waals surface area (Å²) in [5.74, 6) is 0.115. The van der Waals surface area contributed by atoms with Crippen LogP contribution in [0.25, 0.3) is 0 Å². The third-order valence-corrected chi connectivity index (χ3v) is 5.22. The van der Waals surface area contributed by atoms with Gasteiger partial charge in [-0.25, -0.2) is 4.98 Å². The first-order valence-electron chi connectivity index (χ1n) is 7.89. The molecule has 0 bridgehead atoms. The number of rotatable bonds is 3. The van der Waals surface area contributed by atoms with Crippen molar-refractivity contribution in [3.8, 4) is 0 Å². The highest BCUT2D eigenvalue weighted by Gasteiger charge is 2.28. The Hall–Kier alpha value is -1.11. The molecule has 2 aliphatic heterocycles. The van der Waals surface area contributed by atoms with Gasteiger partial charge in [-0.2, -0.15) is 0 Å². The molecule has 5 nitrogen and oxygen atoms in total. The minimum Gasteiger partial charge on any atom is -0.381 e. The van der Waals surface area contributed by atoms with Crippen LogP contribution in [-0.2, 0) is 4.74 Å².